The van der Waals surface area contributed by atoms with Crippen molar-refractivity contribution in [1.82, 2.24) is 19.9 Å². The first-order valence-electron chi connectivity index (χ1n) is 11.3. The SMILES string of the molecule is CC(C)C(=C(C(C)C)P(=O)(O)O)[C@H](Nc1nc(-c2c[nH]c3ncc(F)cc23)ncc1F)C(C)(C)C. The summed E-state index contributed by atoms with van der Waals surface area (Å²) >= 11 is 0. The molecule has 3 aromatic heterocycles. The lowest BCUT2D eigenvalue weighted by Crippen LogP contribution is -2.39. The molecule has 0 radical (unpaired) electrons. The highest BCUT2D eigenvalue weighted by Gasteiger charge is 2.38. The molecule has 35 heavy (non-hydrogen) atoms. The predicted octanol–water partition coefficient (Wildman–Crippen LogP) is 5.87. The Bertz CT molecular complexity index is 1310. The molecule has 0 aliphatic carbocycles. The summed E-state index contributed by atoms with van der Waals surface area (Å²) in [4.78, 5) is 35.7. The lowest BCUT2D eigenvalue weighted by atomic mass is 9.77. The second-order valence-corrected chi connectivity index (χ2v) is 11.8. The van der Waals surface area contributed by atoms with E-state index in [-0.39, 0.29) is 22.9 Å². The molecule has 0 fully saturated rings. The fourth-order valence-electron chi connectivity index (χ4n) is 4.27. The van der Waals surface area contributed by atoms with Gasteiger partial charge in [-0.25, -0.2) is 23.7 Å². The Kier molecular flexibility index (Phi) is 7.50. The first-order chi connectivity index (χ1) is 16.1. The molecule has 0 aromatic carbocycles. The van der Waals surface area contributed by atoms with Crippen molar-refractivity contribution in [3.05, 3.63) is 47.2 Å². The zero-order valence-electron chi connectivity index (χ0n) is 20.9. The fraction of sp³-hybridized carbons (Fsp3) is 0.458. The minimum Gasteiger partial charge on any atom is -0.360 e. The molecule has 0 saturated heterocycles. The van der Waals surface area contributed by atoms with Crippen molar-refractivity contribution in [3.8, 4) is 11.4 Å². The minimum atomic E-state index is -4.60. The van der Waals surface area contributed by atoms with Gasteiger partial charge >= 0.3 is 7.60 Å². The lowest BCUT2D eigenvalue weighted by molar-refractivity contribution is 0.346. The number of hydrogen-bond donors (Lipinski definition) is 4. The molecule has 3 aromatic rings. The van der Waals surface area contributed by atoms with E-state index < -0.39 is 36.6 Å². The molecule has 0 saturated carbocycles. The number of aromatic amines is 1. The largest absolute Gasteiger partial charge is 0.360 e. The topological polar surface area (TPSA) is 124 Å². The van der Waals surface area contributed by atoms with Gasteiger partial charge in [-0.15, -0.1) is 0 Å². The number of fused-ring (bicyclic) bond motifs is 1. The van der Waals surface area contributed by atoms with Gasteiger partial charge in [0.2, 0.25) is 0 Å². The number of anilines is 1. The molecule has 0 aliphatic heterocycles. The van der Waals surface area contributed by atoms with Crippen LogP contribution < -0.4 is 5.32 Å². The van der Waals surface area contributed by atoms with Gasteiger partial charge in [0.05, 0.1) is 18.4 Å². The van der Waals surface area contributed by atoms with E-state index in [0.29, 0.717) is 22.2 Å². The van der Waals surface area contributed by atoms with Crippen molar-refractivity contribution in [2.75, 3.05) is 5.32 Å². The van der Waals surface area contributed by atoms with Crippen molar-refractivity contribution >= 4 is 24.4 Å². The molecule has 4 N–H and O–H groups in total. The van der Waals surface area contributed by atoms with E-state index in [2.05, 4.69) is 25.3 Å². The number of hydrogen-bond acceptors (Lipinski definition) is 5. The van der Waals surface area contributed by atoms with Crippen molar-refractivity contribution in [2.45, 2.75) is 54.5 Å². The molecule has 1 atom stereocenters. The first kappa shape index (κ1) is 26.9. The summed E-state index contributed by atoms with van der Waals surface area (Å²) in [5.41, 5.74) is 0.823. The highest BCUT2D eigenvalue weighted by Crippen LogP contribution is 2.53. The zero-order valence-corrected chi connectivity index (χ0v) is 21.8. The van der Waals surface area contributed by atoms with E-state index in [4.69, 9.17) is 0 Å². The second kappa shape index (κ2) is 9.76. The third kappa shape index (κ3) is 5.77. The summed E-state index contributed by atoms with van der Waals surface area (Å²) in [6.45, 7) is 12.9. The second-order valence-electron chi connectivity index (χ2n) is 10.3. The molecule has 190 valence electrons. The average Bonchev–Trinajstić information content (AvgIpc) is 3.12. The molecule has 0 unspecified atom stereocenters. The van der Waals surface area contributed by atoms with Crippen LogP contribution in [-0.2, 0) is 4.57 Å². The van der Waals surface area contributed by atoms with Gasteiger partial charge in [-0.3, -0.25) is 4.57 Å². The van der Waals surface area contributed by atoms with Crippen LogP contribution in [0.5, 0.6) is 0 Å². The van der Waals surface area contributed by atoms with Crippen molar-refractivity contribution in [1.29, 1.82) is 0 Å². The molecule has 11 heteroatoms. The molecular weight excluding hydrogens is 475 g/mol. The Morgan fingerprint density at radius 3 is 2.29 bits per heavy atom. The van der Waals surface area contributed by atoms with Gasteiger partial charge in [0.1, 0.15) is 11.5 Å². The molecule has 3 rings (SSSR count). The third-order valence-electron chi connectivity index (χ3n) is 5.72. The van der Waals surface area contributed by atoms with Gasteiger partial charge < -0.3 is 20.1 Å². The summed E-state index contributed by atoms with van der Waals surface area (Å²) < 4.78 is 41.3. The molecule has 0 spiro atoms. The quantitative estimate of drug-likeness (QED) is 0.295. The standard InChI is InChI=1S/C24H32F2N5O3P/c1-12(2)18(19(13(3)4)35(32,33)34)20(24(5,6)7)30-23-17(26)11-29-22(31-23)16-10-28-21-15(16)8-14(25)9-27-21/h8-13,20H,1-7H3,(H,27,28)(H,29,30,31)(H2,32,33,34)/t20-/m0/s1. The maximum Gasteiger partial charge on any atom is 0.352 e. The van der Waals surface area contributed by atoms with Crippen molar-refractivity contribution in [3.63, 3.8) is 0 Å². The van der Waals surface area contributed by atoms with Crippen LogP contribution in [0, 0.1) is 28.9 Å². The van der Waals surface area contributed by atoms with Gasteiger partial charge in [0.25, 0.3) is 0 Å². The van der Waals surface area contributed by atoms with E-state index in [9.17, 15) is 23.1 Å². The van der Waals surface area contributed by atoms with Crippen molar-refractivity contribution < 1.29 is 23.1 Å². The highest BCUT2D eigenvalue weighted by atomic mass is 31.2. The number of pyridine rings is 1. The number of halogens is 2. The van der Waals surface area contributed by atoms with Crippen LogP contribution in [0.3, 0.4) is 0 Å². The Hall–Kier alpha value is -2.68. The van der Waals surface area contributed by atoms with Crippen LogP contribution in [-0.4, -0.2) is 35.8 Å². The molecule has 8 nitrogen and oxygen atoms in total. The van der Waals surface area contributed by atoms with E-state index >= 15 is 0 Å². The first-order valence-corrected chi connectivity index (χ1v) is 12.9. The van der Waals surface area contributed by atoms with Gasteiger partial charge in [-0.05, 0) is 28.9 Å². The number of aromatic nitrogens is 4. The van der Waals surface area contributed by atoms with E-state index in [1.807, 2.05) is 34.6 Å². The van der Waals surface area contributed by atoms with Crippen molar-refractivity contribution in [2.24, 2.45) is 17.3 Å². The van der Waals surface area contributed by atoms with E-state index in [1.165, 1.54) is 6.07 Å². The monoisotopic (exact) mass is 507 g/mol. The molecule has 0 bridgehead atoms. The predicted molar refractivity (Wildman–Crippen MR) is 133 cm³/mol. The molecule has 3 heterocycles. The van der Waals surface area contributed by atoms with E-state index in [1.54, 1.807) is 20.0 Å². The van der Waals surface area contributed by atoms with Crippen LogP contribution in [0.15, 0.2) is 35.5 Å². The number of nitrogens with one attached hydrogen (secondary N) is 2. The summed E-state index contributed by atoms with van der Waals surface area (Å²) in [6, 6.07) is 0.632. The Balaban J connectivity index is 2.18. The van der Waals surface area contributed by atoms with Crippen LogP contribution in [0.2, 0.25) is 0 Å². The average molecular weight is 508 g/mol. The number of H-pyrrole nitrogens is 1. The molecule has 0 amide bonds. The number of nitrogens with zero attached hydrogens (tertiary/aromatic N) is 3. The maximum absolute atomic E-state index is 15.0. The van der Waals surface area contributed by atoms with Crippen LogP contribution >= 0.6 is 7.60 Å². The summed E-state index contributed by atoms with van der Waals surface area (Å²) in [7, 11) is -4.60. The lowest BCUT2D eigenvalue weighted by Gasteiger charge is -2.38. The highest BCUT2D eigenvalue weighted by molar-refractivity contribution is 7.56. The number of allylic oxidation sites excluding steroid dienone is 1. The summed E-state index contributed by atoms with van der Waals surface area (Å²) in [5.74, 6) is -1.91. The molecular formula is C24H32F2N5O3P. The van der Waals surface area contributed by atoms with Gasteiger partial charge in [-0.1, -0.05) is 48.5 Å². The fourth-order valence-corrected chi connectivity index (χ4v) is 5.67. The van der Waals surface area contributed by atoms with Gasteiger partial charge in [0.15, 0.2) is 17.5 Å². The summed E-state index contributed by atoms with van der Waals surface area (Å²) in [5, 5.41) is 3.59. The van der Waals surface area contributed by atoms with Gasteiger partial charge in [-0.2, -0.15) is 0 Å². The Labute approximate surface area is 203 Å². The smallest absolute Gasteiger partial charge is 0.352 e. The van der Waals surface area contributed by atoms with Gasteiger partial charge in [0, 0.05) is 22.5 Å². The Morgan fingerprint density at radius 1 is 1.09 bits per heavy atom. The van der Waals surface area contributed by atoms with Crippen LogP contribution in [0.1, 0.15) is 48.5 Å². The van der Waals surface area contributed by atoms with Crippen LogP contribution in [0.25, 0.3) is 22.4 Å². The Morgan fingerprint density at radius 2 is 1.74 bits per heavy atom. The third-order valence-corrected chi connectivity index (χ3v) is 7.12. The summed E-state index contributed by atoms with van der Waals surface area (Å²) in [6.07, 6.45) is 3.67. The molecule has 0 aliphatic rings. The number of rotatable bonds is 7. The van der Waals surface area contributed by atoms with E-state index in [0.717, 1.165) is 12.4 Å². The minimum absolute atomic E-state index is 0.0350. The normalized spacial score (nSPS) is 14.5. The van der Waals surface area contributed by atoms with Crippen LogP contribution in [0.4, 0.5) is 14.6 Å². The maximum atomic E-state index is 15.0. The zero-order chi connectivity index (χ0) is 26.3.